The summed E-state index contributed by atoms with van der Waals surface area (Å²) < 4.78 is 0. The molecule has 0 aromatic carbocycles. The fourth-order valence-corrected chi connectivity index (χ4v) is 2.65. The van der Waals surface area contributed by atoms with Crippen molar-refractivity contribution < 1.29 is 4.79 Å². The molecule has 0 aromatic rings. The zero-order chi connectivity index (χ0) is 10.8. The highest BCUT2D eigenvalue weighted by Crippen LogP contribution is 2.25. The Kier molecular flexibility index (Phi) is 3.10. The molecule has 3 heteroatoms. The van der Waals surface area contributed by atoms with E-state index < -0.39 is 0 Å². The number of rotatable bonds is 1. The van der Waals surface area contributed by atoms with Crippen LogP contribution in [0.2, 0.25) is 0 Å². The van der Waals surface area contributed by atoms with E-state index in [-0.39, 0.29) is 5.91 Å². The molecule has 1 N–H and O–H groups in total. The molecule has 2 saturated heterocycles. The van der Waals surface area contributed by atoms with Gasteiger partial charge in [-0.05, 0) is 39.7 Å². The summed E-state index contributed by atoms with van der Waals surface area (Å²) in [5.74, 6) is 0.200. The van der Waals surface area contributed by atoms with E-state index >= 15 is 0 Å². The average Bonchev–Trinajstić information content (AvgIpc) is 2.59. The van der Waals surface area contributed by atoms with Gasteiger partial charge in [-0.25, -0.2) is 0 Å². The van der Waals surface area contributed by atoms with Crippen molar-refractivity contribution in [3.05, 3.63) is 11.6 Å². The molecule has 2 unspecified atom stereocenters. The highest BCUT2D eigenvalue weighted by molar-refractivity contribution is 5.88. The van der Waals surface area contributed by atoms with Crippen molar-refractivity contribution in [2.45, 2.75) is 45.2 Å². The van der Waals surface area contributed by atoms with Crippen molar-refractivity contribution >= 4 is 5.91 Å². The summed E-state index contributed by atoms with van der Waals surface area (Å²) >= 11 is 0. The van der Waals surface area contributed by atoms with Gasteiger partial charge in [0, 0.05) is 24.7 Å². The molecule has 2 heterocycles. The number of hydrogen-bond acceptors (Lipinski definition) is 2. The van der Waals surface area contributed by atoms with E-state index in [9.17, 15) is 4.79 Å². The number of nitrogens with zero attached hydrogens (tertiary/aromatic N) is 1. The number of fused-ring (bicyclic) bond motifs is 1. The van der Waals surface area contributed by atoms with Crippen LogP contribution >= 0.6 is 0 Å². The fraction of sp³-hybridized carbons (Fsp3) is 0.750. The monoisotopic (exact) mass is 208 g/mol. The molecule has 0 spiro atoms. The molecule has 2 fully saturated rings. The predicted molar refractivity (Wildman–Crippen MR) is 60.6 cm³/mol. The van der Waals surface area contributed by atoms with E-state index in [0.717, 1.165) is 25.1 Å². The molecule has 0 radical (unpaired) electrons. The molecular formula is C12H20N2O. The molecule has 0 aromatic heterocycles. The van der Waals surface area contributed by atoms with Crippen LogP contribution in [0.1, 0.15) is 33.1 Å². The third-order valence-electron chi connectivity index (χ3n) is 3.32. The first-order valence-corrected chi connectivity index (χ1v) is 5.87. The van der Waals surface area contributed by atoms with Crippen molar-refractivity contribution in [3.8, 4) is 0 Å². The number of nitrogens with one attached hydrogen (secondary N) is 1. The standard InChI is InChI=1S/C12H20N2O/c1-9(2)8-12(15)14-7-5-10-11(14)4-3-6-13-10/h8,10-11,13H,3-7H2,1-2H3. The summed E-state index contributed by atoms with van der Waals surface area (Å²) in [6.07, 6.45) is 5.24. The second-order valence-electron chi connectivity index (χ2n) is 4.81. The van der Waals surface area contributed by atoms with E-state index in [4.69, 9.17) is 0 Å². The zero-order valence-electron chi connectivity index (χ0n) is 9.62. The first-order valence-electron chi connectivity index (χ1n) is 5.87. The lowest BCUT2D eigenvalue weighted by Crippen LogP contribution is -2.48. The number of likely N-dealkylation sites (tertiary alicyclic amines) is 1. The topological polar surface area (TPSA) is 32.3 Å². The Morgan fingerprint density at radius 2 is 2.20 bits per heavy atom. The van der Waals surface area contributed by atoms with E-state index in [2.05, 4.69) is 5.32 Å². The van der Waals surface area contributed by atoms with Crippen molar-refractivity contribution in [3.63, 3.8) is 0 Å². The summed E-state index contributed by atoms with van der Waals surface area (Å²) in [5.41, 5.74) is 1.09. The number of piperidine rings is 1. The minimum atomic E-state index is 0.200. The average molecular weight is 208 g/mol. The minimum Gasteiger partial charge on any atom is -0.335 e. The zero-order valence-corrected chi connectivity index (χ0v) is 9.62. The summed E-state index contributed by atoms with van der Waals surface area (Å²) in [6, 6.07) is 0.995. The molecule has 0 saturated carbocycles. The Balaban J connectivity index is 2.04. The predicted octanol–water partition coefficient (Wildman–Crippen LogP) is 1.31. The number of carbonyl (C=O) groups is 1. The number of allylic oxidation sites excluding steroid dienone is 1. The van der Waals surface area contributed by atoms with Crippen molar-refractivity contribution in [1.29, 1.82) is 0 Å². The molecule has 84 valence electrons. The lowest BCUT2D eigenvalue weighted by molar-refractivity contribution is -0.127. The molecule has 1 amide bonds. The smallest absolute Gasteiger partial charge is 0.246 e. The largest absolute Gasteiger partial charge is 0.335 e. The SMILES string of the molecule is CC(C)=CC(=O)N1CCC2NCCCC21. The van der Waals surface area contributed by atoms with Gasteiger partial charge < -0.3 is 10.2 Å². The fourth-order valence-electron chi connectivity index (χ4n) is 2.65. The molecule has 0 bridgehead atoms. The Morgan fingerprint density at radius 3 is 2.93 bits per heavy atom. The van der Waals surface area contributed by atoms with Gasteiger partial charge in [0.25, 0.3) is 0 Å². The summed E-state index contributed by atoms with van der Waals surface area (Å²) in [7, 11) is 0. The lowest BCUT2D eigenvalue weighted by Gasteiger charge is -2.31. The van der Waals surface area contributed by atoms with Crippen LogP contribution in [0.25, 0.3) is 0 Å². The van der Waals surface area contributed by atoms with Crippen molar-refractivity contribution in [2.75, 3.05) is 13.1 Å². The van der Waals surface area contributed by atoms with Crippen molar-refractivity contribution in [2.24, 2.45) is 0 Å². The highest BCUT2D eigenvalue weighted by Gasteiger charge is 2.37. The number of carbonyl (C=O) groups excluding carboxylic acids is 1. The molecule has 2 atom stereocenters. The Hall–Kier alpha value is -0.830. The van der Waals surface area contributed by atoms with Crippen LogP contribution in [-0.2, 0) is 4.79 Å². The maximum atomic E-state index is 11.9. The van der Waals surface area contributed by atoms with Gasteiger partial charge in [-0.1, -0.05) is 5.57 Å². The second-order valence-corrected chi connectivity index (χ2v) is 4.81. The van der Waals surface area contributed by atoms with Crippen LogP contribution in [0, 0.1) is 0 Å². The van der Waals surface area contributed by atoms with Gasteiger partial charge in [-0.2, -0.15) is 0 Å². The quantitative estimate of drug-likeness (QED) is 0.659. The maximum Gasteiger partial charge on any atom is 0.246 e. The van der Waals surface area contributed by atoms with Gasteiger partial charge in [0.05, 0.1) is 0 Å². The van der Waals surface area contributed by atoms with Crippen LogP contribution in [-0.4, -0.2) is 36.0 Å². The highest BCUT2D eigenvalue weighted by atomic mass is 16.2. The first-order chi connectivity index (χ1) is 7.18. The second kappa shape index (κ2) is 4.35. The molecule has 2 aliphatic rings. The van der Waals surface area contributed by atoms with Crippen LogP contribution in [0.5, 0.6) is 0 Å². The van der Waals surface area contributed by atoms with Crippen LogP contribution in [0.15, 0.2) is 11.6 Å². The summed E-state index contributed by atoms with van der Waals surface area (Å²) in [4.78, 5) is 14.0. The Labute approximate surface area is 91.5 Å². The molecule has 2 rings (SSSR count). The maximum absolute atomic E-state index is 11.9. The Bertz CT molecular complexity index is 281. The molecule has 3 nitrogen and oxygen atoms in total. The van der Waals surface area contributed by atoms with Gasteiger partial charge in [-0.3, -0.25) is 4.79 Å². The van der Waals surface area contributed by atoms with E-state index in [0.29, 0.717) is 12.1 Å². The third-order valence-corrected chi connectivity index (χ3v) is 3.32. The normalized spacial score (nSPS) is 29.9. The third kappa shape index (κ3) is 2.23. The van der Waals surface area contributed by atoms with E-state index in [1.165, 1.54) is 12.8 Å². The minimum absolute atomic E-state index is 0.200. The van der Waals surface area contributed by atoms with Gasteiger partial charge >= 0.3 is 0 Å². The van der Waals surface area contributed by atoms with E-state index in [1.54, 1.807) is 6.08 Å². The van der Waals surface area contributed by atoms with Gasteiger partial charge in [0.2, 0.25) is 5.91 Å². The van der Waals surface area contributed by atoms with Crippen LogP contribution < -0.4 is 5.32 Å². The molecule has 2 aliphatic heterocycles. The summed E-state index contributed by atoms with van der Waals surface area (Å²) in [5, 5.41) is 3.50. The Morgan fingerprint density at radius 1 is 1.40 bits per heavy atom. The number of amides is 1. The van der Waals surface area contributed by atoms with Gasteiger partial charge in [-0.15, -0.1) is 0 Å². The van der Waals surface area contributed by atoms with Gasteiger partial charge in [0.1, 0.15) is 0 Å². The molecular weight excluding hydrogens is 188 g/mol. The molecule has 0 aliphatic carbocycles. The van der Waals surface area contributed by atoms with Gasteiger partial charge in [0.15, 0.2) is 0 Å². The lowest BCUT2D eigenvalue weighted by atomic mass is 9.99. The molecule has 15 heavy (non-hydrogen) atoms. The van der Waals surface area contributed by atoms with Crippen molar-refractivity contribution in [1.82, 2.24) is 10.2 Å². The summed E-state index contributed by atoms with van der Waals surface area (Å²) in [6.45, 7) is 5.99. The van der Waals surface area contributed by atoms with Crippen LogP contribution in [0.4, 0.5) is 0 Å². The number of hydrogen-bond donors (Lipinski definition) is 1. The first kappa shape index (κ1) is 10.7. The van der Waals surface area contributed by atoms with E-state index in [1.807, 2.05) is 18.7 Å². The van der Waals surface area contributed by atoms with Crippen LogP contribution in [0.3, 0.4) is 0 Å².